The molecule has 0 aliphatic rings. The number of aryl methyl sites for hydroxylation is 3. The zero-order valence-corrected chi connectivity index (χ0v) is 12.7. The smallest absolute Gasteiger partial charge is 0.174 e. The summed E-state index contributed by atoms with van der Waals surface area (Å²) < 4.78 is 4.19. The Labute approximate surface area is 119 Å². The van der Waals surface area contributed by atoms with Gasteiger partial charge in [-0.05, 0) is 29.8 Å². The number of carbonyl (C=O) groups is 1. The van der Waals surface area contributed by atoms with Crippen molar-refractivity contribution in [2.45, 2.75) is 26.8 Å². The first kappa shape index (κ1) is 13.8. The first-order valence-corrected chi connectivity index (χ1v) is 6.77. The monoisotopic (exact) mass is 325 g/mol. The molecule has 102 valence electrons. The maximum absolute atomic E-state index is 12.3. The molecule has 0 radical (unpaired) electrons. The van der Waals surface area contributed by atoms with E-state index in [-0.39, 0.29) is 12.2 Å². The van der Waals surface area contributed by atoms with Gasteiger partial charge in [-0.3, -0.25) is 14.2 Å². The van der Waals surface area contributed by atoms with Crippen LogP contribution in [0.15, 0.2) is 10.7 Å². The van der Waals surface area contributed by atoms with Crippen LogP contribution < -0.4 is 5.73 Å². The number of hydrogen-bond acceptors (Lipinski definition) is 4. The number of ketones is 1. The van der Waals surface area contributed by atoms with Gasteiger partial charge in [0.2, 0.25) is 0 Å². The number of Topliss-reactive ketones (excluding diaryl/α,β-unsaturated/α-hetero) is 1. The summed E-state index contributed by atoms with van der Waals surface area (Å²) >= 11 is 3.48. The van der Waals surface area contributed by atoms with E-state index in [1.807, 2.05) is 18.5 Å². The van der Waals surface area contributed by atoms with Crippen molar-refractivity contribution in [2.75, 3.05) is 5.73 Å². The number of nitrogens with two attached hydrogens (primary N) is 1. The number of carbonyl (C=O) groups excluding carboxylic acids is 1. The molecule has 0 spiro atoms. The Hall–Kier alpha value is -1.63. The van der Waals surface area contributed by atoms with Crippen LogP contribution in [0.2, 0.25) is 0 Å². The number of aromatic nitrogens is 4. The third-order valence-corrected chi connectivity index (χ3v) is 4.10. The second kappa shape index (κ2) is 5.16. The van der Waals surface area contributed by atoms with Crippen LogP contribution in [-0.4, -0.2) is 25.3 Å². The third kappa shape index (κ3) is 2.42. The summed E-state index contributed by atoms with van der Waals surface area (Å²) in [5.41, 5.74) is 8.02. The van der Waals surface area contributed by atoms with Crippen molar-refractivity contribution in [1.29, 1.82) is 0 Å². The molecule has 0 aliphatic heterocycles. The summed E-state index contributed by atoms with van der Waals surface area (Å²) in [7, 11) is 1.71. The topological polar surface area (TPSA) is 78.7 Å². The van der Waals surface area contributed by atoms with Gasteiger partial charge in [0.15, 0.2) is 5.78 Å². The molecule has 0 unspecified atom stereocenters. The lowest BCUT2D eigenvalue weighted by atomic mass is 10.1. The number of nitrogens with zero attached hydrogens (tertiary/aromatic N) is 4. The molecule has 19 heavy (non-hydrogen) atoms. The molecule has 2 N–H and O–H groups in total. The van der Waals surface area contributed by atoms with Crippen molar-refractivity contribution in [1.82, 2.24) is 19.6 Å². The maximum atomic E-state index is 12.3. The van der Waals surface area contributed by atoms with Crippen molar-refractivity contribution < 1.29 is 4.79 Å². The highest BCUT2D eigenvalue weighted by atomic mass is 79.9. The molecule has 6 nitrogen and oxygen atoms in total. The Morgan fingerprint density at radius 2 is 2.21 bits per heavy atom. The molecule has 0 fully saturated rings. The predicted octanol–water partition coefficient (Wildman–Crippen LogP) is 1.72. The van der Waals surface area contributed by atoms with Gasteiger partial charge in [-0.25, -0.2) is 0 Å². The summed E-state index contributed by atoms with van der Waals surface area (Å²) in [6.45, 7) is 4.62. The lowest BCUT2D eigenvalue weighted by Crippen LogP contribution is -2.11. The standard InChI is InChI=1S/C12H16BrN5O/c1-4-18-9(11(13)7(2)16-18)5-10(19)8-6-15-17(3)12(8)14/h6H,4-5,14H2,1-3H3. The number of rotatable bonds is 4. The maximum Gasteiger partial charge on any atom is 0.174 e. The van der Waals surface area contributed by atoms with Crippen molar-refractivity contribution in [2.24, 2.45) is 7.05 Å². The van der Waals surface area contributed by atoms with E-state index in [9.17, 15) is 4.79 Å². The fourth-order valence-corrected chi connectivity index (χ4v) is 2.37. The third-order valence-electron chi connectivity index (χ3n) is 3.07. The average Bonchev–Trinajstić information content (AvgIpc) is 2.84. The molecule has 0 saturated carbocycles. The minimum absolute atomic E-state index is 0.0547. The van der Waals surface area contributed by atoms with E-state index >= 15 is 0 Å². The van der Waals surface area contributed by atoms with Gasteiger partial charge in [0.1, 0.15) is 5.82 Å². The van der Waals surface area contributed by atoms with Crippen LogP contribution in [0.1, 0.15) is 28.7 Å². The summed E-state index contributed by atoms with van der Waals surface area (Å²) in [6.07, 6.45) is 1.76. The van der Waals surface area contributed by atoms with Crippen molar-refractivity contribution in [3.8, 4) is 0 Å². The molecule has 2 aromatic rings. The van der Waals surface area contributed by atoms with Crippen LogP contribution in [-0.2, 0) is 20.0 Å². The zero-order valence-electron chi connectivity index (χ0n) is 11.1. The van der Waals surface area contributed by atoms with Gasteiger partial charge in [-0.1, -0.05) is 0 Å². The van der Waals surface area contributed by atoms with Crippen molar-refractivity contribution in [3.05, 3.63) is 27.6 Å². The number of halogens is 1. The lowest BCUT2D eigenvalue weighted by molar-refractivity contribution is 0.0991. The van der Waals surface area contributed by atoms with Gasteiger partial charge < -0.3 is 5.73 Å². The molecular weight excluding hydrogens is 310 g/mol. The summed E-state index contributed by atoms with van der Waals surface area (Å²) in [5, 5.41) is 8.35. The van der Waals surface area contributed by atoms with Gasteiger partial charge >= 0.3 is 0 Å². The fourth-order valence-electron chi connectivity index (χ4n) is 1.95. The molecule has 0 amide bonds. The summed E-state index contributed by atoms with van der Waals surface area (Å²) in [6, 6.07) is 0. The molecule has 0 aromatic carbocycles. The highest BCUT2D eigenvalue weighted by Gasteiger charge is 2.19. The molecule has 2 heterocycles. The number of nitrogen functional groups attached to an aromatic ring is 1. The molecule has 2 aromatic heterocycles. The van der Waals surface area contributed by atoms with Gasteiger partial charge in [0.25, 0.3) is 0 Å². The van der Waals surface area contributed by atoms with Crippen molar-refractivity contribution >= 4 is 27.5 Å². The number of hydrogen-bond donors (Lipinski definition) is 1. The molecule has 2 rings (SSSR count). The van der Waals surface area contributed by atoms with E-state index in [0.717, 1.165) is 22.4 Å². The summed E-state index contributed by atoms with van der Waals surface area (Å²) in [4.78, 5) is 12.3. The first-order chi connectivity index (χ1) is 8.95. The lowest BCUT2D eigenvalue weighted by Gasteiger charge is -2.05. The van der Waals surface area contributed by atoms with E-state index < -0.39 is 0 Å². The molecule has 0 aliphatic carbocycles. The van der Waals surface area contributed by atoms with Crippen LogP contribution in [0.5, 0.6) is 0 Å². The van der Waals surface area contributed by atoms with Gasteiger partial charge in [0.05, 0.1) is 34.0 Å². The van der Waals surface area contributed by atoms with Gasteiger partial charge in [0, 0.05) is 13.6 Å². The van der Waals surface area contributed by atoms with Crippen LogP contribution in [0, 0.1) is 6.92 Å². The van der Waals surface area contributed by atoms with Gasteiger partial charge in [-0.15, -0.1) is 0 Å². The van der Waals surface area contributed by atoms with E-state index in [0.29, 0.717) is 11.4 Å². The minimum Gasteiger partial charge on any atom is -0.383 e. The highest BCUT2D eigenvalue weighted by Crippen LogP contribution is 2.23. The second-order valence-electron chi connectivity index (χ2n) is 4.33. The normalized spacial score (nSPS) is 10.9. The van der Waals surface area contributed by atoms with Gasteiger partial charge in [-0.2, -0.15) is 10.2 Å². The predicted molar refractivity (Wildman–Crippen MR) is 76.0 cm³/mol. The van der Waals surface area contributed by atoms with E-state index in [2.05, 4.69) is 26.1 Å². The number of anilines is 1. The van der Waals surface area contributed by atoms with E-state index in [4.69, 9.17) is 5.73 Å². The molecular formula is C12H16BrN5O. The van der Waals surface area contributed by atoms with Crippen LogP contribution in [0.25, 0.3) is 0 Å². The quantitative estimate of drug-likeness (QED) is 0.868. The fraction of sp³-hybridized carbons (Fsp3) is 0.417. The zero-order chi connectivity index (χ0) is 14.2. The highest BCUT2D eigenvalue weighted by molar-refractivity contribution is 9.10. The molecule has 0 saturated heterocycles. The van der Waals surface area contributed by atoms with Crippen LogP contribution in [0.3, 0.4) is 0 Å². The molecule has 7 heteroatoms. The van der Waals surface area contributed by atoms with Crippen LogP contribution in [0.4, 0.5) is 5.82 Å². The summed E-state index contributed by atoms with van der Waals surface area (Å²) in [5.74, 6) is 0.335. The Bertz CT molecular complexity index is 628. The molecule has 0 bridgehead atoms. The Morgan fingerprint density at radius 3 is 2.74 bits per heavy atom. The molecule has 0 atom stereocenters. The Kier molecular flexibility index (Phi) is 3.75. The SMILES string of the molecule is CCn1nc(C)c(Br)c1CC(=O)c1cnn(C)c1N. The van der Waals surface area contributed by atoms with Crippen molar-refractivity contribution in [3.63, 3.8) is 0 Å². The van der Waals surface area contributed by atoms with E-state index in [1.54, 1.807) is 7.05 Å². The Balaban J connectivity index is 2.31. The Morgan fingerprint density at radius 1 is 1.53 bits per heavy atom. The largest absolute Gasteiger partial charge is 0.383 e. The van der Waals surface area contributed by atoms with E-state index in [1.165, 1.54) is 10.9 Å². The first-order valence-electron chi connectivity index (χ1n) is 5.98. The second-order valence-corrected chi connectivity index (χ2v) is 5.12. The average molecular weight is 326 g/mol. The minimum atomic E-state index is -0.0547. The van der Waals surface area contributed by atoms with Crippen LogP contribution >= 0.6 is 15.9 Å².